The highest BCUT2D eigenvalue weighted by Crippen LogP contribution is 2.37. The van der Waals surface area contributed by atoms with Crippen molar-refractivity contribution in [2.24, 2.45) is 0 Å². The lowest BCUT2D eigenvalue weighted by Crippen LogP contribution is -2.10. The molecule has 6 aromatic rings. The van der Waals surface area contributed by atoms with Gasteiger partial charge in [-0.25, -0.2) is 0 Å². The number of anilines is 6. The van der Waals surface area contributed by atoms with Gasteiger partial charge in [-0.2, -0.15) is 10.5 Å². The highest BCUT2D eigenvalue weighted by molar-refractivity contribution is 5.78. The molecule has 0 aliphatic heterocycles. The fraction of sp³-hybridized carbons (Fsp3) is 0.0476. The largest absolute Gasteiger partial charge is 0.497 e. The summed E-state index contributed by atoms with van der Waals surface area (Å²) >= 11 is 0. The van der Waals surface area contributed by atoms with Crippen LogP contribution in [0.5, 0.6) is 11.5 Å². The minimum absolute atomic E-state index is 0.589. The molecule has 230 valence electrons. The van der Waals surface area contributed by atoms with Crippen LogP contribution in [0.15, 0.2) is 146 Å². The molecule has 0 fully saturated rings. The van der Waals surface area contributed by atoms with Crippen LogP contribution in [0.3, 0.4) is 0 Å². The molecule has 0 amide bonds. The van der Waals surface area contributed by atoms with Gasteiger partial charge in [0.05, 0.1) is 37.5 Å². The normalized spacial score (nSPS) is 10.1. The zero-order valence-electron chi connectivity index (χ0n) is 26.5. The zero-order valence-corrected chi connectivity index (χ0v) is 26.5. The van der Waals surface area contributed by atoms with Gasteiger partial charge in [0.25, 0.3) is 0 Å². The molecule has 6 heteroatoms. The minimum Gasteiger partial charge on any atom is -0.497 e. The Balaban J connectivity index is 1.25. The standard InChI is InChI=1S/C42H30N4O2/c1-47-41-25-21-39(22-26-41)46(40-23-27-42(48-2)28-24-40)36-15-7-32(8-16-36)4-3-31-5-13-35(14-6-31)45(37-17-9-33(29-43)10-18-37)38-19-11-34(30-44)12-20-38/h5-28H,1-2H3. The molecule has 6 rings (SSSR count). The van der Waals surface area contributed by atoms with Crippen LogP contribution in [0.4, 0.5) is 34.1 Å². The summed E-state index contributed by atoms with van der Waals surface area (Å²) in [6.45, 7) is 0. The van der Waals surface area contributed by atoms with E-state index in [9.17, 15) is 10.5 Å². The molecule has 0 aliphatic carbocycles. The Hall–Kier alpha value is -6.94. The molecule has 6 aromatic carbocycles. The van der Waals surface area contributed by atoms with Crippen LogP contribution in [0, 0.1) is 34.5 Å². The molecule has 0 saturated heterocycles. The lowest BCUT2D eigenvalue weighted by Gasteiger charge is -2.25. The molecule has 48 heavy (non-hydrogen) atoms. The number of benzene rings is 6. The summed E-state index contributed by atoms with van der Waals surface area (Å²) in [6.07, 6.45) is 0. The number of rotatable bonds is 8. The van der Waals surface area contributed by atoms with Crippen molar-refractivity contribution in [2.75, 3.05) is 24.0 Å². The van der Waals surface area contributed by atoms with Gasteiger partial charge in [-0.3, -0.25) is 0 Å². The number of methoxy groups -OCH3 is 2. The Morgan fingerprint density at radius 3 is 0.812 bits per heavy atom. The molecule has 0 saturated carbocycles. The minimum atomic E-state index is 0.589. The van der Waals surface area contributed by atoms with Gasteiger partial charge in [-0.15, -0.1) is 0 Å². The highest BCUT2D eigenvalue weighted by Gasteiger charge is 2.14. The summed E-state index contributed by atoms with van der Waals surface area (Å²) in [6, 6.07) is 51.3. The number of hydrogen-bond donors (Lipinski definition) is 0. The molecule has 0 atom stereocenters. The van der Waals surface area contributed by atoms with Crippen molar-refractivity contribution < 1.29 is 9.47 Å². The van der Waals surface area contributed by atoms with Crippen molar-refractivity contribution in [1.82, 2.24) is 0 Å². The Labute approximate surface area is 280 Å². The SMILES string of the molecule is COc1ccc(N(c2ccc(C#Cc3ccc(N(c4ccc(C#N)cc4)c4ccc(C#N)cc4)cc3)cc2)c2ccc(OC)cc2)cc1. The summed E-state index contributed by atoms with van der Waals surface area (Å²) in [5, 5.41) is 18.5. The van der Waals surface area contributed by atoms with E-state index in [4.69, 9.17) is 9.47 Å². The first-order valence-electron chi connectivity index (χ1n) is 15.2. The second-order valence-electron chi connectivity index (χ2n) is 10.7. The van der Waals surface area contributed by atoms with E-state index < -0.39 is 0 Å². The maximum atomic E-state index is 9.27. The van der Waals surface area contributed by atoms with Crippen LogP contribution < -0.4 is 19.3 Å². The van der Waals surface area contributed by atoms with E-state index in [1.54, 1.807) is 38.5 Å². The fourth-order valence-corrected chi connectivity index (χ4v) is 5.26. The quantitative estimate of drug-likeness (QED) is 0.157. The number of ether oxygens (including phenoxy) is 2. The summed E-state index contributed by atoms with van der Waals surface area (Å²) < 4.78 is 10.7. The lowest BCUT2D eigenvalue weighted by molar-refractivity contribution is 0.415. The summed E-state index contributed by atoms with van der Waals surface area (Å²) in [4.78, 5) is 4.25. The molecule has 0 spiro atoms. The molecule has 0 unspecified atom stereocenters. The third-order valence-electron chi connectivity index (χ3n) is 7.77. The van der Waals surface area contributed by atoms with Gasteiger partial charge < -0.3 is 19.3 Å². The number of nitrogens with zero attached hydrogens (tertiary/aromatic N) is 4. The van der Waals surface area contributed by atoms with Crippen LogP contribution in [0.2, 0.25) is 0 Å². The Morgan fingerprint density at radius 1 is 0.354 bits per heavy atom. The van der Waals surface area contributed by atoms with Crippen molar-refractivity contribution in [3.63, 3.8) is 0 Å². The first-order chi connectivity index (χ1) is 23.6. The highest BCUT2D eigenvalue weighted by atomic mass is 16.5. The van der Waals surface area contributed by atoms with Crippen molar-refractivity contribution in [1.29, 1.82) is 10.5 Å². The zero-order chi connectivity index (χ0) is 33.3. The van der Waals surface area contributed by atoms with E-state index in [0.717, 1.165) is 56.8 Å². The van der Waals surface area contributed by atoms with Crippen molar-refractivity contribution in [2.45, 2.75) is 0 Å². The van der Waals surface area contributed by atoms with Gasteiger partial charge in [0, 0.05) is 45.3 Å². The van der Waals surface area contributed by atoms with Crippen LogP contribution in [0.1, 0.15) is 22.3 Å². The maximum Gasteiger partial charge on any atom is 0.119 e. The van der Waals surface area contributed by atoms with Gasteiger partial charge in [-0.05, 0) is 146 Å². The van der Waals surface area contributed by atoms with E-state index in [1.807, 2.05) is 109 Å². The van der Waals surface area contributed by atoms with Crippen LogP contribution >= 0.6 is 0 Å². The monoisotopic (exact) mass is 622 g/mol. The van der Waals surface area contributed by atoms with E-state index in [2.05, 4.69) is 45.9 Å². The molecular weight excluding hydrogens is 592 g/mol. The third kappa shape index (κ3) is 6.98. The third-order valence-corrected chi connectivity index (χ3v) is 7.77. The van der Waals surface area contributed by atoms with Gasteiger partial charge in [0.1, 0.15) is 11.5 Å². The predicted molar refractivity (Wildman–Crippen MR) is 191 cm³/mol. The smallest absolute Gasteiger partial charge is 0.119 e. The first-order valence-corrected chi connectivity index (χ1v) is 15.2. The van der Waals surface area contributed by atoms with Crippen molar-refractivity contribution in [3.8, 4) is 35.5 Å². The van der Waals surface area contributed by atoms with Crippen LogP contribution in [-0.2, 0) is 0 Å². The summed E-state index contributed by atoms with van der Waals surface area (Å²) in [7, 11) is 3.32. The Bertz CT molecular complexity index is 2030. The maximum absolute atomic E-state index is 9.27. The first kappa shape index (κ1) is 31.1. The molecule has 0 aliphatic rings. The number of hydrogen-bond acceptors (Lipinski definition) is 6. The lowest BCUT2D eigenvalue weighted by atomic mass is 10.1. The Kier molecular flexibility index (Phi) is 9.34. The van der Waals surface area contributed by atoms with Crippen LogP contribution in [-0.4, -0.2) is 14.2 Å². The summed E-state index contributed by atoms with van der Waals surface area (Å²) in [5.74, 6) is 8.18. The van der Waals surface area contributed by atoms with Crippen molar-refractivity contribution in [3.05, 3.63) is 168 Å². The van der Waals surface area contributed by atoms with E-state index in [1.165, 1.54) is 0 Å². The molecule has 0 heterocycles. The average molecular weight is 623 g/mol. The molecule has 0 aromatic heterocycles. The molecule has 0 bridgehead atoms. The second kappa shape index (κ2) is 14.4. The second-order valence-corrected chi connectivity index (χ2v) is 10.7. The van der Waals surface area contributed by atoms with Gasteiger partial charge in [-0.1, -0.05) is 11.8 Å². The topological polar surface area (TPSA) is 72.5 Å². The average Bonchev–Trinajstić information content (AvgIpc) is 3.16. The predicted octanol–water partition coefficient (Wildman–Crippen LogP) is 9.79. The van der Waals surface area contributed by atoms with E-state index >= 15 is 0 Å². The van der Waals surface area contributed by atoms with Gasteiger partial charge in [0.15, 0.2) is 0 Å². The van der Waals surface area contributed by atoms with E-state index in [0.29, 0.717) is 11.1 Å². The molecule has 0 radical (unpaired) electrons. The van der Waals surface area contributed by atoms with Crippen molar-refractivity contribution >= 4 is 34.1 Å². The fourth-order valence-electron chi connectivity index (χ4n) is 5.26. The number of nitriles is 2. The van der Waals surface area contributed by atoms with Gasteiger partial charge in [0.2, 0.25) is 0 Å². The van der Waals surface area contributed by atoms with Gasteiger partial charge >= 0.3 is 0 Å². The molecule has 6 nitrogen and oxygen atoms in total. The van der Waals surface area contributed by atoms with Crippen LogP contribution in [0.25, 0.3) is 0 Å². The molecule has 0 N–H and O–H groups in total. The molecular formula is C42H30N4O2. The summed E-state index contributed by atoms with van der Waals surface area (Å²) in [5.41, 5.74) is 8.66. The Morgan fingerprint density at radius 2 is 0.583 bits per heavy atom. The van der Waals surface area contributed by atoms with E-state index in [-0.39, 0.29) is 0 Å².